The molecule has 0 aliphatic heterocycles. The van der Waals surface area contributed by atoms with E-state index in [2.05, 4.69) is 16.3 Å². The standard InChI is InChI=1S/C23H25FN2O2/c1-26(2)16-18-8-4-3-7-17(18)15-25-23(27)14-12-19-11-13-22(28-19)20-9-5-6-10-21(20)24/h3-11,13H,12,14-16H2,1-2H3,(H,25,27). The van der Waals surface area contributed by atoms with E-state index in [1.54, 1.807) is 30.3 Å². The highest BCUT2D eigenvalue weighted by Crippen LogP contribution is 2.25. The van der Waals surface area contributed by atoms with Gasteiger partial charge in [-0.2, -0.15) is 0 Å². The van der Waals surface area contributed by atoms with E-state index in [1.807, 2.05) is 32.3 Å². The van der Waals surface area contributed by atoms with Crippen molar-refractivity contribution in [2.45, 2.75) is 25.9 Å². The molecule has 28 heavy (non-hydrogen) atoms. The predicted molar refractivity (Wildman–Crippen MR) is 108 cm³/mol. The fraction of sp³-hybridized carbons (Fsp3) is 0.261. The molecule has 1 aromatic heterocycles. The highest BCUT2D eigenvalue weighted by Gasteiger charge is 2.11. The van der Waals surface area contributed by atoms with Gasteiger partial charge in [-0.05, 0) is 49.5 Å². The van der Waals surface area contributed by atoms with Crippen molar-refractivity contribution in [3.63, 3.8) is 0 Å². The zero-order chi connectivity index (χ0) is 19.9. The Morgan fingerprint density at radius 2 is 1.71 bits per heavy atom. The van der Waals surface area contributed by atoms with E-state index in [1.165, 1.54) is 11.6 Å². The molecule has 0 bridgehead atoms. The molecule has 5 heteroatoms. The van der Waals surface area contributed by atoms with Crippen LogP contribution in [0.4, 0.5) is 4.39 Å². The number of carbonyl (C=O) groups excluding carboxylic acids is 1. The van der Waals surface area contributed by atoms with Crippen molar-refractivity contribution in [3.05, 3.63) is 83.4 Å². The lowest BCUT2D eigenvalue weighted by atomic mass is 10.1. The van der Waals surface area contributed by atoms with Crippen LogP contribution in [0.1, 0.15) is 23.3 Å². The quantitative estimate of drug-likeness (QED) is 0.630. The van der Waals surface area contributed by atoms with Gasteiger partial charge in [0.05, 0.1) is 5.56 Å². The third-order valence-corrected chi connectivity index (χ3v) is 4.48. The first-order chi connectivity index (χ1) is 13.5. The number of nitrogens with zero attached hydrogens (tertiary/aromatic N) is 1. The molecule has 0 fully saturated rings. The number of carbonyl (C=O) groups is 1. The summed E-state index contributed by atoms with van der Waals surface area (Å²) in [6.45, 7) is 1.33. The Balaban J connectivity index is 1.52. The van der Waals surface area contributed by atoms with Crippen LogP contribution < -0.4 is 5.32 Å². The van der Waals surface area contributed by atoms with Gasteiger partial charge in [0.25, 0.3) is 0 Å². The molecule has 3 rings (SSSR count). The highest BCUT2D eigenvalue weighted by atomic mass is 19.1. The van der Waals surface area contributed by atoms with Gasteiger partial charge in [-0.25, -0.2) is 4.39 Å². The fourth-order valence-corrected chi connectivity index (χ4v) is 3.06. The van der Waals surface area contributed by atoms with Crippen molar-refractivity contribution in [2.24, 2.45) is 0 Å². The second-order valence-corrected chi connectivity index (χ2v) is 7.03. The van der Waals surface area contributed by atoms with Crippen LogP contribution in [0.25, 0.3) is 11.3 Å². The Morgan fingerprint density at radius 1 is 1.00 bits per heavy atom. The minimum Gasteiger partial charge on any atom is -0.461 e. The first kappa shape index (κ1) is 19.8. The number of rotatable bonds is 8. The van der Waals surface area contributed by atoms with E-state index in [-0.39, 0.29) is 11.7 Å². The molecule has 1 amide bonds. The van der Waals surface area contributed by atoms with E-state index in [0.717, 1.165) is 12.1 Å². The number of halogens is 1. The minimum atomic E-state index is -0.322. The molecule has 0 unspecified atom stereocenters. The Kier molecular flexibility index (Phi) is 6.61. The fourth-order valence-electron chi connectivity index (χ4n) is 3.06. The van der Waals surface area contributed by atoms with Gasteiger partial charge in [-0.3, -0.25) is 4.79 Å². The Morgan fingerprint density at radius 3 is 2.46 bits per heavy atom. The van der Waals surface area contributed by atoms with Crippen LogP contribution in [-0.4, -0.2) is 24.9 Å². The normalized spacial score (nSPS) is 11.0. The summed E-state index contributed by atoms with van der Waals surface area (Å²) in [6.07, 6.45) is 0.791. The zero-order valence-electron chi connectivity index (χ0n) is 16.2. The predicted octanol–water partition coefficient (Wildman–Crippen LogP) is 4.40. The van der Waals surface area contributed by atoms with Crippen molar-refractivity contribution in [1.29, 1.82) is 0 Å². The van der Waals surface area contributed by atoms with Crippen molar-refractivity contribution in [3.8, 4) is 11.3 Å². The van der Waals surface area contributed by atoms with Crippen LogP contribution in [-0.2, 0) is 24.3 Å². The van der Waals surface area contributed by atoms with E-state index in [9.17, 15) is 9.18 Å². The molecule has 1 heterocycles. The maximum atomic E-state index is 13.8. The molecule has 0 aliphatic carbocycles. The molecular weight excluding hydrogens is 355 g/mol. The molecule has 0 saturated heterocycles. The Labute approximate surface area is 165 Å². The largest absolute Gasteiger partial charge is 0.461 e. The lowest BCUT2D eigenvalue weighted by molar-refractivity contribution is -0.121. The summed E-state index contributed by atoms with van der Waals surface area (Å²) in [5, 5.41) is 2.97. The molecule has 1 N–H and O–H groups in total. The molecule has 0 aliphatic rings. The van der Waals surface area contributed by atoms with Crippen LogP contribution in [0.5, 0.6) is 0 Å². The number of furan rings is 1. The van der Waals surface area contributed by atoms with Crippen LogP contribution in [0, 0.1) is 5.82 Å². The van der Waals surface area contributed by atoms with Crippen LogP contribution in [0.3, 0.4) is 0 Å². The average molecular weight is 380 g/mol. The number of benzene rings is 2. The summed E-state index contributed by atoms with van der Waals surface area (Å²) in [6, 6.07) is 18.1. The number of hydrogen-bond donors (Lipinski definition) is 1. The smallest absolute Gasteiger partial charge is 0.220 e. The highest BCUT2D eigenvalue weighted by molar-refractivity contribution is 5.76. The third-order valence-electron chi connectivity index (χ3n) is 4.48. The minimum absolute atomic E-state index is 0.0384. The molecule has 4 nitrogen and oxygen atoms in total. The molecule has 0 radical (unpaired) electrons. The first-order valence-electron chi connectivity index (χ1n) is 9.35. The van der Waals surface area contributed by atoms with Crippen LogP contribution in [0.15, 0.2) is 65.1 Å². The van der Waals surface area contributed by atoms with Crippen molar-refractivity contribution >= 4 is 5.91 Å². The van der Waals surface area contributed by atoms with Crippen molar-refractivity contribution in [1.82, 2.24) is 10.2 Å². The lowest BCUT2D eigenvalue weighted by Crippen LogP contribution is -2.24. The molecule has 3 aromatic rings. The van der Waals surface area contributed by atoms with E-state index < -0.39 is 0 Å². The van der Waals surface area contributed by atoms with Crippen molar-refractivity contribution in [2.75, 3.05) is 14.1 Å². The van der Waals surface area contributed by atoms with Gasteiger partial charge in [-0.1, -0.05) is 36.4 Å². The van der Waals surface area contributed by atoms with Gasteiger partial charge in [0.2, 0.25) is 5.91 Å². The monoisotopic (exact) mass is 380 g/mol. The zero-order valence-corrected chi connectivity index (χ0v) is 16.2. The first-order valence-corrected chi connectivity index (χ1v) is 9.35. The summed E-state index contributed by atoms with van der Waals surface area (Å²) >= 11 is 0. The van der Waals surface area contributed by atoms with Crippen LogP contribution >= 0.6 is 0 Å². The van der Waals surface area contributed by atoms with E-state index in [4.69, 9.17) is 4.42 Å². The van der Waals surface area contributed by atoms with Gasteiger partial charge in [-0.15, -0.1) is 0 Å². The average Bonchev–Trinajstić information content (AvgIpc) is 3.14. The lowest BCUT2D eigenvalue weighted by Gasteiger charge is -2.14. The van der Waals surface area contributed by atoms with E-state index >= 15 is 0 Å². The molecule has 146 valence electrons. The topological polar surface area (TPSA) is 45.5 Å². The summed E-state index contributed by atoms with van der Waals surface area (Å²) < 4.78 is 19.5. The third kappa shape index (κ3) is 5.30. The molecule has 2 aromatic carbocycles. The number of aryl methyl sites for hydroxylation is 1. The Bertz CT molecular complexity index is 934. The second-order valence-electron chi connectivity index (χ2n) is 7.03. The summed E-state index contributed by atoms with van der Waals surface area (Å²) in [4.78, 5) is 14.3. The number of amides is 1. The number of nitrogens with one attached hydrogen (secondary N) is 1. The molecule has 0 saturated carbocycles. The summed E-state index contributed by atoms with van der Waals surface area (Å²) in [5.74, 6) is 0.786. The van der Waals surface area contributed by atoms with Crippen LogP contribution in [0.2, 0.25) is 0 Å². The summed E-state index contributed by atoms with van der Waals surface area (Å²) in [7, 11) is 4.04. The molecule has 0 atom stereocenters. The van der Waals surface area contributed by atoms with Gasteiger partial charge in [0.15, 0.2) is 0 Å². The number of hydrogen-bond acceptors (Lipinski definition) is 3. The SMILES string of the molecule is CN(C)Cc1ccccc1CNC(=O)CCc1ccc(-c2ccccc2F)o1. The van der Waals surface area contributed by atoms with E-state index in [0.29, 0.717) is 36.5 Å². The van der Waals surface area contributed by atoms with Gasteiger partial charge >= 0.3 is 0 Å². The second kappa shape index (κ2) is 9.33. The van der Waals surface area contributed by atoms with Crippen molar-refractivity contribution < 1.29 is 13.6 Å². The molecule has 0 spiro atoms. The maximum absolute atomic E-state index is 13.8. The maximum Gasteiger partial charge on any atom is 0.220 e. The molecular formula is C23H25FN2O2. The van der Waals surface area contributed by atoms with Gasteiger partial charge in [0.1, 0.15) is 17.3 Å². The van der Waals surface area contributed by atoms with Gasteiger partial charge < -0.3 is 14.6 Å². The van der Waals surface area contributed by atoms with Gasteiger partial charge in [0, 0.05) is 25.9 Å². The Hall–Kier alpha value is -2.92. The summed E-state index contributed by atoms with van der Waals surface area (Å²) in [5.41, 5.74) is 2.74.